The topological polar surface area (TPSA) is 46.2 Å². The first-order valence-corrected chi connectivity index (χ1v) is 7.42. The van der Waals surface area contributed by atoms with Crippen LogP contribution in [0, 0.1) is 20.8 Å². The first-order chi connectivity index (χ1) is 10.5. The van der Waals surface area contributed by atoms with Crippen LogP contribution in [0.5, 0.6) is 0 Å². The summed E-state index contributed by atoms with van der Waals surface area (Å²) in [5.41, 5.74) is 4.57. The van der Waals surface area contributed by atoms with Crippen molar-refractivity contribution >= 4 is 17.4 Å². The van der Waals surface area contributed by atoms with Crippen LogP contribution in [-0.2, 0) is 4.79 Å². The molecule has 1 amide bonds. The molecule has 0 atom stereocenters. The molecule has 0 radical (unpaired) electrons. The smallest absolute Gasteiger partial charge is 0.224 e. The second kappa shape index (κ2) is 7.03. The van der Waals surface area contributed by atoms with Crippen LogP contribution in [0.25, 0.3) is 0 Å². The van der Waals surface area contributed by atoms with E-state index >= 15 is 0 Å². The summed E-state index contributed by atoms with van der Waals surface area (Å²) >= 11 is 0. The van der Waals surface area contributed by atoms with Gasteiger partial charge >= 0.3 is 0 Å². The van der Waals surface area contributed by atoms with Gasteiger partial charge in [0.05, 0.1) is 0 Å². The van der Waals surface area contributed by atoms with Crippen molar-refractivity contribution in [3.05, 3.63) is 64.7 Å². The number of Topliss-reactive ketones (excluding diaryl/α,β-unsaturated/α-hetero) is 1. The summed E-state index contributed by atoms with van der Waals surface area (Å²) in [6.45, 7) is 5.85. The number of anilines is 1. The Balaban J connectivity index is 1.93. The molecule has 2 rings (SSSR count). The molecule has 114 valence electrons. The zero-order valence-corrected chi connectivity index (χ0v) is 13.3. The van der Waals surface area contributed by atoms with Crippen molar-refractivity contribution in [2.24, 2.45) is 0 Å². The van der Waals surface area contributed by atoms with Gasteiger partial charge in [-0.05, 0) is 50.1 Å². The Bertz CT molecular complexity index is 704. The second-order valence-electron chi connectivity index (χ2n) is 5.66. The lowest BCUT2D eigenvalue weighted by molar-refractivity contribution is -0.116. The highest BCUT2D eigenvalue weighted by Gasteiger charge is 2.12. The van der Waals surface area contributed by atoms with Gasteiger partial charge in [0.15, 0.2) is 5.78 Å². The third-order valence-electron chi connectivity index (χ3n) is 3.57. The molecule has 2 aromatic carbocycles. The maximum absolute atomic E-state index is 12.2. The fourth-order valence-corrected chi connectivity index (χ4v) is 2.34. The Kier molecular flexibility index (Phi) is 5.10. The van der Waals surface area contributed by atoms with Crippen LogP contribution in [0.4, 0.5) is 5.69 Å². The summed E-state index contributed by atoms with van der Waals surface area (Å²) in [6.07, 6.45) is 0.419. The van der Waals surface area contributed by atoms with Gasteiger partial charge in [-0.2, -0.15) is 0 Å². The molecule has 0 heterocycles. The van der Waals surface area contributed by atoms with E-state index in [1.807, 2.05) is 63.2 Å². The Morgan fingerprint density at radius 2 is 1.64 bits per heavy atom. The quantitative estimate of drug-likeness (QED) is 0.840. The third-order valence-corrected chi connectivity index (χ3v) is 3.57. The lowest BCUT2D eigenvalue weighted by atomic mass is 9.99. The number of hydrogen-bond donors (Lipinski definition) is 1. The molecule has 2 aromatic rings. The molecule has 0 bridgehead atoms. The molecule has 0 spiro atoms. The Morgan fingerprint density at radius 1 is 0.909 bits per heavy atom. The minimum Gasteiger partial charge on any atom is -0.326 e. The summed E-state index contributed by atoms with van der Waals surface area (Å²) in [4.78, 5) is 24.2. The number of amides is 1. The van der Waals surface area contributed by atoms with Crippen molar-refractivity contribution in [1.29, 1.82) is 0 Å². The van der Waals surface area contributed by atoms with E-state index < -0.39 is 0 Å². The highest BCUT2D eigenvalue weighted by atomic mass is 16.2. The van der Waals surface area contributed by atoms with Crippen LogP contribution in [0.3, 0.4) is 0 Å². The van der Waals surface area contributed by atoms with Crippen molar-refractivity contribution in [2.45, 2.75) is 33.6 Å². The van der Waals surface area contributed by atoms with E-state index in [1.165, 1.54) is 0 Å². The number of carbonyl (C=O) groups excluding carboxylic acids is 2. The van der Waals surface area contributed by atoms with Crippen LogP contribution >= 0.6 is 0 Å². The Hall–Kier alpha value is -2.42. The minimum absolute atomic E-state index is 0.0144. The van der Waals surface area contributed by atoms with E-state index in [9.17, 15) is 9.59 Å². The number of hydrogen-bond acceptors (Lipinski definition) is 2. The average molecular weight is 295 g/mol. The lowest BCUT2D eigenvalue weighted by Gasteiger charge is -2.08. The summed E-state index contributed by atoms with van der Waals surface area (Å²) in [6, 6.07) is 13.4. The Labute approximate surface area is 131 Å². The zero-order chi connectivity index (χ0) is 16.1. The monoisotopic (exact) mass is 295 g/mol. The first-order valence-electron chi connectivity index (χ1n) is 7.42. The van der Waals surface area contributed by atoms with Crippen molar-refractivity contribution in [3.63, 3.8) is 0 Å². The summed E-state index contributed by atoms with van der Waals surface area (Å²) in [5.74, 6) is -0.121. The largest absolute Gasteiger partial charge is 0.326 e. The van der Waals surface area contributed by atoms with E-state index in [-0.39, 0.29) is 24.5 Å². The summed E-state index contributed by atoms with van der Waals surface area (Å²) in [5, 5.41) is 2.82. The molecule has 3 heteroatoms. The maximum atomic E-state index is 12.2. The number of carbonyl (C=O) groups is 2. The van der Waals surface area contributed by atoms with Crippen molar-refractivity contribution < 1.29 is 9.59 Å². The van der Waals surface area contributed by atoms with E-state index in [2.05, 4.69) is 5.32 Å². The molecule has 0 aliphatic rings. The predicted octanol–water partition coefficient (Wildman–Crippen LogP) is 4.21. The van der Waals surface area contributed by atoms with Crippen LogP contribution in [0.2, 0.25) is 0 Å². The van der Waals surface area contributed by atoms with Crippen LogP contribution in [-0.4, -0.2) is 11.7 Å². The fraction of sp³-hybridized carbons (Fsp3) is 0.263. The van der Waals surface area contributed by atoms with Crippen LogP contribution in [0.1, 0.15) is 39.9 Å². The molecule has 0 aromatic heterocycles. The minimum atomic E-state index is -0.135. The molecular weight excluding hydrogens is 274 g/mol. The Morgan fingerprint density at radius 3 is 2.36 bits per heavy atom. The van der Waals surface area contributed by atoms with Crippen molar-refractivity contribution in [3.8, 4) is 0 Å². The standard InChI is InChI=1S/C19H21NO2/c1-13-5-4-6-16(11-13)20-19(22)10-9-18(21)17-12-14(2)7-8-15(17)3/h4-8,11-12H,9-10H2,1-3H3,(H,20,22). The normalized spacial score (nSPS) is 10.3. The van der Waals surface area contributed by atoms with Crippen LogP contribution < -0.4 is 5.32 Å². The second-order valence-corrected chi connectivity index (χ2v) is 5.66. The SMILES string of the molecule is Cc1cccc(NC(=O)CCC(=O)c2cc(C)ccc2C)c1. The highest BCUT2D eigenvalue weighted by molar-refractivity contribution is 6.01. The van der Waals surface area contributed by atoms with E-state index in [0.717, 1.165) is 22.4 Å². The first kappa shape index (κ1) is 16.0. The van der Waals surface area contributed by atoms with Gasteiger partial charge in [-0.25, -0.2) is 0 Å². The van der Waals surface area contributed by atoms with Crippen molar-refractivity contribution in [2.75, 3.05) is 5.32 Å². The number of ketones is 1. The molecule has 0 saturated heterocycles. The van der Waals surface area contributed by atoms with Gasteiger partial charge in [0.25, 0.3) is 0 Å². The molecule has 0 aliphatic heterocycles. The number of nitrogens with one attached hydrogen (secondary N) is 1. The van der Waals surface area contributed by atoms with Gasteiger partial charge in [-0.1, -0.05) is 29.8 Å². The van der Waals surface area contributed by atoms with E-state index in [4.69, 9.17) is 0 Å². The third kappa shape index (κ3) is 4.29. The molecule has 3 nitrogen and oxygen atoms in total. The average Bonchev–Trinajstić information content (AvgIpc) is 2.47. The number of benzene rings is 2. The van der Waals surface area contributed by atoms with Gasteiger partial charge in [0.1, 0.15) is 0 Å². The molecule has 22 heavy (non-hydrogen) atoms. The van der Waals surface area contributed by atoms with Gasteiger partial charge in [0.2, 0.25) is 5.91 Å². The van der Waals surface area contributed by atoms with Crippen molar-refractivity contribution in [1.82, 2.24) is 0 Å². The van der Waals surface area contributed by atoms with Crippen LogP contribution in [0.15, 0.2) is 42.5 Å². The number of rotatable bonds is 5. The molecule has 0 saturated carbocycles. The van der Waals surface area contributed by atoms with E-state index in [1.54, 1.807) is 0 Å². The molecular formula is C19H21NO2. The molecule has 0 aliphatic carbocycles. The molecule has 1 N–H and O–H groups in total. The van der Waals surface area contributed by atoms with Gasteiger partial charge < -0.3 is 5.32 Å². The molecule has 0 fully saturated rings. The van der Waals surface area contributed by atoms with Gasteiger partial charge in [-0.3, -0.25) is 9.59 Å². The lowest BCUT2D eigenvalue weighted by Crippen LogP contribution is -2.14. The maximum Gasteiger partial charge on any atom is 0.224 e. The predicted molar refractivity (Wildman–Crippen MR) is 89.3 cm³/mol. The zero-order valence-electron chi connectivity index (χ0n) is 13.3. The van der Waals surface area contributed by atoms with Gasteiger partial charge in [-0.15, -0.1) is 0 Å². The fourth-order valence-electron chi connectivity index (χ4n) is 2.34. The number of aryl methyl sites for hydroxylation is 3. The molecule has 0 unspecified atom stereocenters. The van der Waals surface area contributed by atoms with Gasteiger partial charge in [0, 0.05) is 24.1 Å². The van der Waals surface area contributed by atoms with E-state index in [0.29, 0.717) is 5.56 Å². The summed E-state index contributed by atoms with van der Waals surface area (Å²) in [7, 11) is 0. The highest BCUT2D eigenvalue weighted by Crippen LogP contribution is 2.15. The summed E-state index contributed by atoms with van der Waals surface area (Å²) < 4.78 is 0.